The van der Waals surface area contributed by atoms with Gasteiger partial charge in [-0.1, -0.05) is 6.92 Å². The lowest BCUT2D eigenvalue weighted by Crippen LogP contribution is -2.23. The number of nitrogens with one attached hydrogen (secondary N) is 1. The third kappa shape index (κ3) is 2.90. The molecule has 0 fully saturated rings. The molecule has 0 bridgehead atoms. The highest BCUT2D eigenvalue weighted by molar-refractivity contribution is 5.61. The van der Waals surface area contributed by atoms with Crippen molar-refractivity contribution in [1.82, 2.24) is 0 Å². The fourth-order valence-corrected chi connectivity index (χ4v) is 1.27. The van der Waals surface area contributed by atoms with Crippen molar-refractivity contribution in [2.75, 3.05) is 11.9 Å². The van der Waals surface area contributed by atoms with Gasteiger partial charge in [0.05, 0.1) is 17.6 Å². The monoisotopic (exact) mass is 228 g/mol. The highest BCUT2D eigenvalue weighted by atomic mass is 19.1. The lowest BCUT2D eigenvalue weighted by atomic mass is 10.2. The van der Waals surface area contributed by atoms with Crippen LogP contribution in [0.2, 0.25) is 0 Å². The van der Waals surface area contributed by atoms with E-state index in [-0.39, 0.29) is 24.0 Å². The average molecular weight is 228 g/mol. The van der Waals surface area contributed by atoms with Gasteiger partial charge in [0, 0.05) is 6.04 Å². The van der Waals surface area contributed by atoms with E-state index < -0.39 is 10.7 Å². The summed E-state index contributed by atoms with van der Waals surface area (Å²) in [6.07, 6.45) is 0.616. The SMILES string of the molecule is CC[C@@H](CO)Nc1ccc(F)cc1[N+](=O)[O-]. The summed E-state index contributed by atoms with van der Waals surface area (Å²) in [6.45, 7) is 1.70. The first kappa shape index (κ1) is 12.4. The zero-order valence-corrected chi connectivity index (χ0v) is 8.81. The molecule has 2 N–H and O–H groups in total. The number of hydrogen-bond acceptors (Lipinski definition) is 4. The predicted octanol–water partition coefficient (Wildman–Crippen LogP) is 1.92. The Balaban J connectivity index is 2.98. The second-order valence-electron chi connectivity index (χ2n) is 3.35. The van der Waals surface area contributed by atoms with Crippen molar-refractivity contribution in [1.29, 1.82) is 0 Å². The van der Waals surface area contributed by atoms with Gasteiger partial charge in [-0.2, -0.15) is 0 Å². The standard InChI is InChI=1S/C10H13FN2O3/c1-2-8(6-14)12-9-4-3-7(11)5-10(9)13(15)16/h3-5,8,12,14H,2,6H2,1H3/t8-/m0/s1. The van der Waals surface area contributed by atoms with E-state index in [0.29, 0.717) is 6.42 Å². The first-order valence-electron chi connectivity index (χ1n) is 4.89. The van der Waals surface area contributed by atoms with Gasteiger partial charge >= 0.3 is 0 Å². The molecule has 0 amide bonds. The maximum absolute atomic E-state index is 12.8. The third-order valence-corrected chi connectivity index (χ3v) is 2.23. The number of halogens is 1. The molecule has 1 aromatic rings. The van der Waals surface area contributed by atoms with Gasteiger partial charge in [-0.15, -0.1) is 0 Å². The number of benzene rings is 1. The van der Waals surface area contributed by atoms with Crippen LogP contribution < -0.4 is 5.32 Å². The summed E-state index contributed by atoms with van der Waals surface area (Å²) in [5, 5.41) is 22.4. The Bertz CT molecular complexity index is 380. The van der Waals surface area contributed by atoms with E-state index in [1.807, 2.05) is 6.92 Å². The van der Waals surface area contributed by atoms with E-state index in [1.165, 1.54) is 6.07 Å². The fourth-order valence-electron chi connectivity index (χ4n) is 1.27. The van der Waals surface area contributed by atoms with Gasteiger partial charge in [0.15, 0.2) is 0 Å². The lowest BCUT2D eigenvalue weighted by molar-refractivity contribution is -0.384. The van der Waals surface area contributed by atoms with Crippen molar-refractivity contribution < 1.29 is 14.4 Å². The van der Waals surface area contributed by atoms with Crippen molar-refractivity contribution in [3.8, 4) is 0 Å². The van der Waals surface area contributed by atoms with Crippen LogP contribution in [0.1, 0.15) is 13.3 Å². The molecule has 0 heterocycles. The lowest BCUT2D eigenvalue weighted by Gasteiger charge is -2.15. The van der Waals surface area contributed by atoms with E-state index >= 15 is 0 Å². The van der Waals surface area contributed by atoms with Crippen LogP contribution in [-0.4, -0.2) is 22.7 Å². The first-order valence-corrected chi connectivity index (χ1v) is 4.89. The fraction of sp³-hybridized carbons (Fsp3) is 0.400. The summed E-state index contributed by atoms with van der Waals surface area (Å²) < 4.78 is 12.8. The van der Waals surface area contributed by atoms with Crippen molar-refractivity contribution in [2.24, 2.45) is 0 Å². The van der Waals surface area contributed by atoms with E-state index in [2.05, 4.69) is 5.32 Å². The Morgan fingerprint density at radius 3 is 2.81 bits per heavy atom. The molecular weight excluding hydrogens is 215 g/mol. The molecule has 0 radical (unpaired) electrons. The summed E-state index contributed by atoms with van der Waals surface area (Å²) in [5.74, 6) is -0.658. The zero-order valence-electron chi connectivity index (χ0n) is 8.81. The Morgan fingerprint density at radius 2 is 2.31 bits per heavy atom. The van der Waals surface area contributed by atoms with Crippen LogP contribution in [0.5, 0.6) is 0 Å². The molecule has 1 atom stereocenters. The molecule has 1 rings (SSSR count). The average Bonchev–Trinajstić information content (AvgIpc) is 2.27. The van der Waals surface area contributed by atoms with Crippen molar-refractivity contribution in [3.63, 3.8) is 0 Å². The van der Waals surface area contributed by atoms with Crippen LogP contribution in [0, 0.1) is 15.9 Å². The van der Waals surface area contributed by atoms with Crippen LogP contribution in [-0.2, 0) is 0 Å². The summed E-state index contributed by atoms with van der Waals surface area (Å²) in [6, 6.07) is 3.02. The second kappa shape index (κ2) is 5.41. The van der Waals surface area contributed by atoms with E-state index in [0.717, 1.165) is 12.1 Å². The van der Waals surface area contributed by atoms with Gasteiger partial charge in [0.2, 0.25) is 0 Å². The second-order valence-corrected chi connectivity index (χ2v) is 3.35. The van der Waals surface area contributed by atoms with Crippen LogP contribution in [0.3, 0.4) is 0 Å². The Kier molecular flexibility index (Phi) is 4.19. The normalized spacial score (nSPS) is 12.2. The maximum atomic E-state index is 12.8. The van der Waals surface area contributed by atoms with Crippen LogP contribution >= 0.6 is 0 Å². The molecule has 1 aromatic carbocycles. The molecule has 0 spiro atoms. The van der Waals surface area contributed by atoms with Crippen LogP contribution in [0.4, 0.5) is 15.8 Å². The molecule has 0 aliphatic rings. The number of nitrogens with zero attached hydrogens (tertiary/aromatic N) is 1. The largest absolute Gasteiger partial charge is 0.394 e. The molecule has 0 unspecified atom stereocenters. The minimum atomic E-state index is -0.658. The number of hydrogen-bond donors (Lipinski definition) is 2. The Hall–Kier alpha value is -1.69. The number of aliphatic hydroxyl groups is 1. The summed E-state index contributed by atoms with van der Waals surface area (Å²) in [7, 11) is 0. The number of nitro benzene ring substituents is 1. The van der Waals surface area contributed by atoms with Gasteiger partial charge in [-0.05, 0) is 18.6 Å². The zero-order chi connectivity index (χ0) is 12.1. The molecule has 0 saturated heterocycles. The van der Waals surface area contributed by atoms with E-state index in [4.69, 9.17) is 5.11 Å². The molecule has 6 heteroatoms. The number of nitro groups is 1. The Labute approximate surface area is 92.1 Å². The number of rotatable bonds is 5. The van der Waals surface area contributed by atoms with Gasteiger partial charge in [0.25, 0.3) is 5.69 Å². The highest BCUT2D eigenvalue weighted by Crippen LogP contribution is 2.25. The maximum Gasteiger partial charge on any atom is 0.295 e. The van der Waals surface area contributed by atoms with Crippen molar-refractivity contribution >= 4 is 11.4 Å². The van der Waals surface area contributed by atoms with E-state index in [9.17, 15) is 14.5 Å². The van der Waals surface area contributed by atoms with Crippen LogP contribution in [0.15, 0.2) is 18.2 Å². The van der Waals surface area contributed by atoms with Gasteiger partial charge < -0.3 is 10.4 Å². The smallest absolute Gasteiger partial charge is 0.295 e. The number of aliphatic hydroxyl groups excluding tert-OH is 1. The van der Waals surface area contributed by atoms with Gasteiger partial charge in [-0.3, -0.25) is 10.1 Å². The molecule has 0 aromatic heterocycles. The van der Waals surface area contributed by atoms with Gasteiger partial charge in [-0.25, -0.2) is 4.39 Å². The molecule has 0 aliphatic carbocycles. The van der Waals surface area contributed by atoms with E-state index in [1.54, 1.807) is 0 Å². The van der Waals surface area contributed by atoms with Crippen molar-refractivity contribution in [2.45, 2.75) is 19.4 Å². The minimum absolute atomic E-state index is 0.134. The third-order valence-electron chi connectivity index (χ3n) is 2.23. The summed E-state index contributed by atoms with van der Waals surface area (Å²) in [5.41, 5.74) is -0.112. The summed E-state index contributed by atoms with van der Waals surface area (Å²) >= 11 is 0. The number of anilines is 1. The van der Waals surface area contributed by atoms with Gasteiger partial charge in [0.1, 0.15) is 11.5 Å². The molecule has 5 nitrogen and oxygen atoms in total. The molecular formula is C10H13FN2O3. The van der Waals surface area contributed by atoms with Crippen molar-refractivity contribution in [3.05, 3.63) is 34.1 Å². The summed E-state index contributed by atoms with van der Waals surface area (Å²) in [4.78, 5) is 10.0. The topological polar surface area (TPSA) is 75.4 Å². The Morgan fingerprint density at radius 1 is 1.62 bits per heavy atom. The highest BCUT2D eigenvalue weighted by Gasteiger charge is 2.16. The molecule has 88 valence electrons. The molecule has 0 aliphatic heterocycles. The quantitative estimate of drug-likeness (QED) is 0.596. The minimum Gasteiger partial charge on any atom is -0.394 e. The molecule has 16 heavy (non-hydrogen) atoms. The predicted molar refractivity (Wildman–Crippen MR) is 57.8 cm³/mol. The molecule has 0 saturated carbocycles. The first-order chi connectivity index (χ1) is 7.58. The van der Waals surface area contributed by atoms with Crippen LogP contribution in [0.25, 0.3) is 0 Å².